The van der Waals surface area contributed by atoms with Crippen LogP contribution in [0, 0.1) is 6.92 Å². The summed E-state index contributed by atoms with van der Waals surface area (Å²) < 4.78 is 0. The van der Waals surface area contributed by atoms with Crippen LogP contribution >= 0.6 is 0 Å². The molecule has 0 bridgehead atoms. The van der Waals surface area contributed by atoms with E-state index in [-0.39, 0.29) is 24.3 Å². The zero-order valence-electron chi connectivity index (χ0n) is 17.2. The number of carbonyl (C=O) groups excluding carboxylic acids is 2. The van der Waals surface area contributed by atoms with Crippen LogP contribution in [0.3, 0.4) is 0 Å². The highest BCUT2D eigenvalue weighted by atomic mass is 16.2. The van der Waals surface area contributed by atoms with Crippen molar-refractivity contribution in [3.05, 3.63) is 59.2 Å². The van der Waals surface area contributed by atoms with E-state index in [0.29, 0.717) is 5.92 Å². The number of hydrogen-bond acceptors (Lipinski definition) is 2. The average molecular weight is 367 g/mol. The van der Waals surface area contributed by atoms with Crippen molar-refractivity contribution in [3.8, 4) is 0 Å². The molecule has 0 aliphatic heterocycles. The molecule has 4 nitrogen and oxygen atoms in total. The highest BCUT2D eigenvalue weighted by Crippen LogP contribution is 2.31. The molecular formula is C23H30N2O2. The maximum Gasteiger partial charge on any atom is 0.244 e. The van der Waals surface area contributed by atoms with E-state index < -0.39 is 0 Å². The lowest BCUT2D eigenvalue weighted by atomic mass is 9.97. The van der Waals surface area contributed by atoms with E-state index in [2.05, 4.69) is 33.0 Å². The van der Waals surface area contributed by atoms with Crippen molar-refractivity contribution < 1.29 is 9.59 Å². The Morgan fingerprint density at radius 3 is 2.11 bits per heavy atom. The van der Waals surface area contributed by atoms with Gasteiger partial charge in [-0.25, -0.2) is 0 Å². The summed E-state index contributed by atoms with van der Waals surface area (Å²) in [6, 6.07) is 13.8. The van der Waals surface area contributed by atoms with Gasteiger partial charge in [-0.2, -0.15) is 0 Å². The van der Waals surface area contributed by atoms with Crippen LogP contribution in [0.5, 0.6) is 0 Å². The smallest absolute Gasteiger partial charge is 0.244 e. The highest BCUT2D eigenvalue weighted by Gasteiger charge is 2.21. The second kappa shape index (κ2) is 8.85. The number of nitrogens with zero attached hydrogens (tertiary/aromatic N) is 1. The van der Waals surface area contributed by atoms with Crippen molar-refractivity contribution in [3.63, 3.8) is 0 Å². The third kappa shape index (κ3) is 5.19. The number of rotatable bonds is 6. The number of para-hydroxylation sites is 1. The molecule has 4 heteroatoms. The van der Waals surface area contributed by atoms with Crippen LogP contribution in [0.2, 0.25) is 0 Å². The monoisotopic (exact) mass is 366 g/mol. The van der Waals surface area contributed by atoms with E-state index in [1.807, 2.05) is 49.4 Å². The van der Waals surface area contributed by atoms with Crippen molar-refractivity contribution in [2.75, 3.05) is 16.8 Å². The molecule has 0 aliphatic rings. The van der Waals surface area contributed by atoms with Crippen LogP contribution in [0.15, 0.2) is 42.5 Å². The van der Waals surface area contributed by atoms with E-state index in [1.165, 1.54) is 12.5 Å². The fourth-order valence-corrected chi connectivity index (χ4v) is 3.16. The molecule has 0 saturated carbocycles. The quantitative estimate of drug-likeness (QED) is 0.760. The van der Waals surface area contributed by atoms with Gasteiger partial charge in [-0.3, -0.25) is 9.59 Å². The van der Waals surface area contributed by atoms with Gasteiger partial charge >= 0.3 is 0 Å². The van der Waals surface area contributed by atoms with Gasteiger partial charge in [0.1, 0.15) is 6.54 Å². The number of aryl methyl sites for hydroxylation is 1. The Labute approximate surface area is 162 Å². The van der Waals surface area contributed by atoms with Crippen molar-refractivity contribution in [1.82, 2.24) is 0 Å². The van der Waals surface area contributed by atoms with Crippen LogP contribution < -0.4 is 10.2 Å². The Kier molecular flexibility index (Phi) is 6.78. The number of hydrogen-bond donors (Lipinski definition) is 1. The van der Waals surface area contributed by atoms with Gasteiger partial charge in [0, 0.05) is 12.6 Å². The number of carbonyl (C=O) groups is 2. The summed E-state index contributed by atoms with van der Waals surface area (Å²) in [5.41, 5.74) is 4.86. The Morgan fingerprint density at radius 1 is 0.963 bits per heavy atom. The lowest BCUT2D eigenvalue weighted by Gasteiger charge is -2.27. The van der Waals surface area contributed by atoms with Gasteiger partial charge in [-0.1, -0.05) is 58.0 Å². The topological polar surface area (TPSA) is 49.4 Å². The van der Waals surface area contributed by atoms with Gasteiger partial charge in [-0.05, 0) is 47.6 Å². The van der Waals surface area contributed by atoms with E-state index in [9.17, 15) is 9.59 Å². The number of anilines is 2. The van der Waals surface area contributed by atoms with Gasteiger partial charge < -0.3 is 10.2 Å². The van der Waals surface area contributed by atoms with Crippen molar-refractivity contribution in [2.24, 2.45) is 0 Å². The first-order chi connectivity index (χ1) is 12.7. The molecule has 0 aromatic heterocycles. The lowest BCUT2D eigenvalue weighted by molar-refractivity contribution is -0.120. The van der Waals surface area contributed by atoms with E-state index in [0.717, 1.165) is 22.5 Å². The Balaban J connectivity index is 2.22. The van der Waals surface area contributed by atoms with Crippen LogP contribution in [-0.4, -0.2) is 18.4 Å². The summed E-state index contributed by atoms with van der Waals surface area (Å²) >= 11 is 0. The number of benzene rings is 2. The minimum Gasteiger partial charge on any atom is -0.325 e. The molecule has 144 valence electrons. The molecule has 2 amide bonds. The molecule has 1 N–H and O–H groups in total. The van der Waals surface area contributed by atoms with Gasteiger partial charge in [0.15, 0.2) is 0 Å². The van der Waals surface area contributed by atoms with Crippen LogP contribution in [0.25, 0.3) is 0 Å². The molecular weight excluding hydrogens is 336 g/mol. The molecule has 0 saturated heterocycles. The van der Waals surface area contributed by atoms with Gasteiger partial charge in [0.25, 0.3) is 0 Å². The van der Waals surface area contributed by atoms with E-state index in [1.54, 1.807) is 4.90 Å². The van der Waals surface area contributed by atoms with Gasteiger partial charge in [0.05, 0.1) is 5.69 Å². The largest absolute Gasteiger partial charge is 0.325 e. The Morgan fingerprint density at radius 2 is 1.59 bits per heavy atom. The van der Waals surface area contributed by atoms with Crippen LogP contribution in [-0.2, 0) is 9.59 Å². The Bertz CT molecular complexity index is 808. The maximum absolute atomic E-state index is 12.6. The molecule has 0 radical (unpaired) electrons. The first-order valence-corrected chi connectivity index (χ1v) is 9.48. The third-order valence-corrected chi connectivity index (χ3v) is 4.70. The molecule has 0 fully saturated rings. The second-order valence-electron chi connectivity index (χ2n) is 7.60. The summed E-state index contributed by atoms with van der Waals surface area (Å²) in [6.45, 7) is 11.9. The second-order valence-corrected chi connectivity index (χ2v) is 7.60. The van der Waals surface area contributed by atoms with Crippen molar-refractivity contribution in [1.29, 1.82) is 0 Å². The average Bonchev–Trinajstić information content (AvgIpc) is 2.60. The fraction of sp³-hybridized carbons (Fsp3) is 0.391. The van der Waals surface area contributed by atoms with E-state index >= 15 is 0 Å². The standard InChI is InChI=1S/C23H30N2O2/c1-15(2)19-10-12-20(13-11-19)24-22(27)14-25(18(6)26)23-17(5)8-7-9-21(23)16(3)4/h7-13,15-16H,14H2,1-6H3,(H,24,27). The summed E-state index contributed by atoms with van der Waals surface area (Å²) in [7, 11) is 0. The SMILES string of the molecule is CC(=O)N(CC(=O)Nc1ccc(C(C)C)cc1)c1c(C)cccc1C(C)C. The molecule has 0 heterocycles. The molecule has 0 spiro atoms. The van der Waals surface area contributed by atoms with Crippen molar-refractivity contribution in [2.45, 2.75) is 53.4 Å². The summed E-state index contributed by atoms with van der Waals surface area (Å²) in [4.78, 5) is 26.5. The molecule has 0 aliphatic carbocycles. The third-order valence-electron chi connectivity index (χ3n) is 4.70. The summed E-state index contributed by atoms with van der Waals surface area (Å²) in [5, 5.41) is 2.90. The first-order valence-electron chi connectivity index (χ1n) is 9.48. The molecule has 27 heavy (non-hydrogen) atoms. The molecule has 2 rings (SSSR count). The molecule has 0 unspecified atom stereocenters. The number of amides is 2. The fourth-order valence-electron chi connectivity index (χ4n) is 3.16. The molecule has 2 aromatic rings. The molecule has 0 atom stereocenters. The van der Waals surface area contributed by atoms with Crippen LogP contribution in [0.1, 0.15) is 63.1 Å². The summed E-state index contributed by atoms with van der Waals surface area (Å²) in [6.07, 6.45) is 0. The minimum atomic E-state index is -0.208. The highest BCUT2D eigenvalue weighted by molar-refractivity contribution is 6.02. The summed E-state index contributed by atoms with van der Waals surface area (Å²) in [5.74, 6) is 0.351. The predicted octanol–water partition coefficient (Wildman–Crippen LogP) is 5.23. The van der Waals surface area contributed by atoms with E-state index in [4.69, 9.17) is 0 Å². The Hall–Kier alpha value is -2.62. The molecule has 2 aromatic carbocycles. The van der Waals surface area contributed by atoms with Crippen LogP contribution in [0.4, 0.5) is 11.4 Å². The first kappa shape index (κ1) is 20.7. The van der Waals surface area contributed by atoms with Gasteiger partial charge in [-0.15, -0.1) is 0 Å². The normalized spacial score (nSPS) is 11.0. The zero-order valence-corrected chi connectivity index (χ0v) is 17.2. The predicted molar refractivity (Wildman–Crippen MR) is 112 cm³/mol. The van der Waals surface area contributed by atoms with Gasteiger partial charge in [0.2, 0.25) is 11.8 Å². The minimum absolute atomic E-state index is 0.00810. The zero-order chi connectivity index (χ0) is 20.1. The lowest BCUT2D eigenvalue weighted by Crippen LogP contribution is -2.37. The maximum atomic E-state index is 12.6. The van der Waals surface area contributed by atoms with Crippen molar-refractivity contribution >= 4 is 23.2 Å². The number of nitrogens with one attached hydrogen (secondary N) is 1.